The maximum absolute atomic E-state index is 12.1. The van der Waals surface area contributed by atoms with Gasteiger partial charge in [0.15, 0.2) is 9.84 Å². The van der Waals surface area contributed by atoms with Crippen molar-refractivity contribution in [1.82, 2.24) is 10.6 Å². The van der Waals surface area contributed by atoms with Crippen LogP contribution in [0.3, 0.4) is 0 Å². The van der Waals surface area contributed by atoms with Gasteiger partial charge in [-0.25, -0.2) is 8.42 Å². The van der Waals surface area contributed by atoms with Gasteiger partial charge in [0, 0.05) is 18.4 Å². The molecule has 21 heavy (non-hydrogen) atoms. The lowest BCUT2D eigenvalue weighted by Gasteiger charge is -2.33. The van der Waals surface area contributed by atoms with Gasteiger partial charge < -0.3 is 10.6 Å². The number of carbonyl (C=O) groups excluding carboxylic acids is 1. The van der Waals surface area contributed by atoms with Crippen LogP contribution >= 0.6 is 0 Å². The SMILES string of the molecule is CNC(c1ccc2c(c1)C(=O)NCC2)C(C)(C)S(C)(=O)=O. The fourth-order valence-corrected chi connectivity index (χ4v) is 3.42. The van der Waals surface area contributed by atoms with Gasteiger partial charge in [-0.3, -0.25) is 4.79 Å². The topological polar surface area (TPSA) is 75.3 Å². The Morgan fingerprint density at radius 3 is 2.57 bits per heavy atom. The molecular formula is C15H22N2O3S. The van der Waals surface area contributed by atoms with Crippen molar-refractivity contribution in [2.75, 3.05) is 19.8 Å². The van der Waals surface area contributed by atoms with Crippen LogP contribution in [0.15, 0.2) is 18.2 Å². The molecular weight excluding hydrogens is 288 g/mol. The maximum Gasteiger partial charge on any atom is 0.251 e. The van der Waals surface area contributed by atoms with Crippen molar-refractivity contribution in [3.63, 3.8) is 0 Å². The molecule has 1 amide bonds. The zero-order valence-electron chi connectivity index (χ0n) is 12.9. The van der Waals surface area contributed by atoms with Crippen LogP contribution in [-0.4, -0.2) is 38.9 Å². The molecule has 0 saturated heterocycles. The predicted molar refractivity (Wildman–Crippen MR) is 83.2 cm³/mol. The number of hydrogen-bond donors (Lipinski definition) is 2. The molecule has 0 aromatic heterocycles. The van der Waals surface area contributed by atoms with Gasteiger partial charge in [0.1, 0.15) is 0 Å². The lowest BCUT2D eigenvalue weighted by atomic mass is 9.90. The normalized spacial score (nSPS) is 17.0. The fourth-order valence-electron chi connectivity index (χ4n) is 2.74. The third kappa shape index (κ3) is 2.82. The van der Waals surface area contributed by atoms with Crippen molar-refractivity contribution in [3.05, 3.63) is 34.9 Å². The highest BCUT2D eigenvalue weighted by Gasteiger charge is 2.39. The standard InChI is InChI=1S/C15H22N2O3S/c1-15(2,21(4,19)20)13(16-3)11-6-5-10-7-8-17-14(18)12(10)9-11/h5-6,9,13,16H,7-8H2,1-4H3,(H,17,18). The molecule has 1 aliphatic rings. The van der Waals surface area contributed by atoms with Crippen molar-refractivity contribution >= 4 is 15.7 Å². The maximum atomic E-state index is 12.1. The molecule has 1 unspecified atom stereocenters. The van der Waals surface area contributed by atoms with Crippen LogP contribution < -0.4 is 10.6 Å². The van der Waals surface area contributed by atoms with E-state index in [0.29, 0.717) is 12.1 Å². The number of fused-ring (bicyclic) bond motifs is 1. The first-order valence-electron chi connectivity index (χ1n) is 6.96. The Hall–Kier alpha value is -1.40. The molecule has 0 fully saturated rings. The Balaban J connectivity index is 2.50. The minimum Gasteiger partial charge on any atom is -0.352 e. The Morgan fingerprint density at radius 2 is 2.00 bits per heavy atom. The van der Waals surface area contributed by atoms with Crippen molar-refractivity contribution in [1.29, 1.82) is 0 Å². The second-order valence-electron chi connectivity index (χ2n) is 6.02. The van der Waals surface area contributed by atoms with Crippen molar-refractivity contribution in [3.8, 4) is 0 Å². The first-order chi connectivity index (χ1) is 9.68. The van der Waals surface area contributed by atoms with E-state index in [1.165, 1.54) is 6.26 Å². The molecule has 6 heteroatoms. The van der Waals surface area contributed by atoms with Gasteiger partial charge in [0.25, 0.3) is 5.91 Å². The summed E-state index contributed by atoms with van der Waals surface area (Å²) in [6, 6.07) is 5.25. The average molecular weight is 310 g/mol. The molecule has 0 saturated carbocycles. The number of sulfone groups is 1. The summed E-state index contributed by atoms with van der Waals surface area (Å²) in [5, 5.41) is 5.89. The van der Waals surface area contributed by atoms with E-state index in [4.69, 9.17) is 0 Å². The summed E-state index contributed by atoms with van der Waals surface area (Å²) in [5.41, 5.74) is 2.46. The summed E-state index contributed by atoms with van der Waals surface area (Å²) in [6.07, 6.45) is 2.05. The molecule has 0 radical (unpaired) electrons. The van der Waals surface area contributed by atoms with Gasteiger partial charge in [-0.2, -0.15) is 0 Å². The van der Waals surface area contributed by atoms with Crippen molar-refractivity contribution in [2.24, 2.45) is 0 Å². The molecule has 0 aliphatic carbocycles. The van der Waals surface area contributed by atoms with Gasteiger partial charge in [-0.15, -0.1) is 0 Å². The minimum atomic E-state index is -3.26. The summed E-state index contributed by atoms with van der Waals surface area (Å²) >= 11 is 0. The van der Waals surface area contributed by atoms with Crippen molar-refractivity contribution < 1.29 is 13.2 Å². The summed E-state index contributed by atoms with van der Waals surface area (Å²) in [5.74, 6) is -0.0925. The number of rotatable bonds is 4. The zero-order chi connectivity index (χ0) is 15.8. The molecule has 2 N–H and O–H groups in total. The van der Waals surface area contributed by atoms with Crippen molar-refractivity contribution in [2.45, 2.75) is 31.1 Å². The summed E-state index contributed by atoms with van der Waals surface area (Å²) in [6.45, 7) is 4.04. The van der Waals surface area contributed by atoms with E-state index in [-0.39, 0.29) is 11.9 Å². The number of benzene rings is 1. The number of nitrogens with one attached hydrogen (secondary N) is 2. The predicted octanol–water partition coefficient (Wildman–Crippen LogP) is 1.06. The molecule has 1 aliphatic heterocycles. The molecule has 1 aromatic rings. The van der Waals surface area contributed by atoms with Crippen LogP contribution in [0.25, 0.3) is 0 Å². The average Bonchev–Trinajstić information content (AvgIpc) is 2.39. The van der Waals surface area contributed by atoms with E-state index in [9.17, 15) is 13.2 Å². The lowest BCUT2D eigenvalue weighted by molar-refractivity contribution is 0.0946. The quantitative estimate of drug-likeness (QED) is 0.872. The minimum absolute atomic E-state index is 0.0925. The van der Waals surface area contributed by atoms with Gasteiger partial charge in [-0.05, 0) is 44.5 Å². The highest BCUT2D eigenvalue weighted by atomic mass is 32.2. The smallest absolute Gasteiger partial charge is 0.251 e. The van der Waals surface area contributed by atoms with E-state index in [0.717, 1.165) is 17.5 Å². The van der Waals surface area contributed by atoms with E-state index in [1.54, 1.807) is 27.0 Å². The highest BCUT2D eigenvalue weighted by molar-refractivity contribution is 7.92. The van der Waals surface area contributed by atoms with Gasteiger partial charge in [0.05, 0.1) is 10.8 Å². The Labute approximate surface area is 126 Å². The fraction of sp³-hybridized carbons (Fsp3) is 0.533. The largest absolute Gasteiger partial charge is 0.352 e. The molecule has 2 rings (SSSR count). The molecule has 1 heterocycles. The number of hydrogen-bond acceptors (Lipinski definition) is 4. The molecule has 0 bridgehead atoms. The van der Waals surface area contributed by atoms with E-state index >= 15 is 0 Å². The third-order valence-corrected chi connectivity index (χ3v) is 6.48. The van der Waals surface area contributed by atoms with Crippen LogP contribution in [0, 0.1) is 0 Å². The molecule has 116 valence electrons. The molecule has 1 atom stereocenters. The number of carbonyl (C=O) groups is 1. The van der Waals surface area contributed by atoms with Gasteiger partial charge in [0.2, 0.25) is 0 Å². The third-order valence-electron chi connectivity index (χ3n) is 4.33. The van der Waals surface area contributed by atoms with Gasteiger partial charge in [-0.1, -0.05) is 12.1 Å². The Kier molecular flexibility index (Phi) is 4.13. The molecule has 0 spiro atoms. The Morgan fingerprint density at radius 1 is 1.33 bits per heavy atom. The molecule has 5 nitrogen and oxygen atoms in total. The monoisotopic (exact) mass is 310 g/mol. The van der Waals surface area contributed by atoms with Gasteiger partial charge >= 0.3 is 0 Å². The highest BCUT2D eigenvalue weighted by Crippen LogP contribution is 2.33. The summed E-state index contributed by atoms with van der Waals surface area (Å²) in [7, 11) is -1.53. The van der Waals surface area contributed by atoms with Crippen LogP contribution in [0.1, 0.15) is 41.4 Å². The zero-order valence-corrected chi connectivity index (χ0v) is 13.7. The van der Waals surface area contributed by atoms with E-state index in [2.05, 4.69) is 10.6 Å². The van der Waals surface area contributed by atoms with Crippen LogP contribution in [0.2, 0.25) is 0 Å². The van der Waals surface area contributed by atoms with Crippen LogP contribution in [0.4, 0.5) is 0 Å². The number of amides is 1. The Bertz CT molecular complexity index is 665. The second-order valence-corrected chi connectivity index (χ2v) is 8.62. The van der Waals surface area contributed by atoms with E-state index < -0.39 is 14.6 Å². The first kappa shape index (κ1) is 16.0. The van der Waals surface area contributed by atoms with Crippen LogP contribution in [0.5, 0.6) is 0 Å². The van der Waals surface area contributed by atoms with E-state index in [1.807, 2.05) is 12.1 Å². The first-order valence-corrected chi connectivity index (χ1v) is 8.85. The lowest BCUT2D eigenvalue weighted by Crippen LogP contribution is -2.44. The molecule has 1 aromatic carbocycles. The van der Waals surface area contributed by atoms with Crippen LogP contribution in [-0.2, 0) is 16.3 Å². The summed E-state index contributed by atoms with van der Waals surface area (Å²) < 4.78 is 23.1. The summed E-state index contributed by atoms with van der Waals surface area (Å²) in [4.78, 5) is 11.9. The second kappa shape index (κ2) is 5.42.